The zero-order valence-electron chi connectivity index (χ0n) is 17.7. The number of aryl methyl sites for hydroxylation is 1. The Morgan fingerprint density at radius 2 is 2.04 bits per heavy atom. The number of furan rings is 1. The molecule has 156 valence electrons. The van der Waals surface area contributed by atoms with Gasteiger partial charge in [0.2, 0.25) is 0 Å². The second-order valence-electron chi connectivity index (χ2n) is 9.24. The fourth-order valence-corrected chi connectivity index (χ4v) is 6.35. The summed E-state index contributed by atoms with van der Waals surface area (Å²) in [5, 5.41) is 0. The first kappa shape index (κ1) is 20.9. The van der Waals surface area contributed by atoms with E-state index in [-0.39, 0.29) is 17.4 Å². The maximum absolute atomic E-state index is 12.7. The van der Waals surface area contributed by atoms with Crippen LogP contribution in [0, 0.1) is 28.6 Å². The van der Waals surface area contributed by atoms with Gasteiger partial charge < -0.3 is 13.9 Å². The topological polar surface area (TPSA) is 65.7 Å². The fraction of sp³-hybridized carbons (Fsp3) is 0.739. The van der Waals surface area contributed by atoms with Gasteiger partial charge in [0.05, 0.1) is 31.7 Å². The maximum atomic E-state index is 12.7. The number of rotatable bonds is 6. The largest absolute Gasteiger partial charge is 0.472 e. The number of ether oxygens (including phenoxy) is 2. The van der Waals surface area contributed by atoms with Gasteiger partial charge in [0.25, 0.3) is 0 Å². The molecule has 0 saturated heterocycles. The molecule has 1 aromatic heterocycles. The minimum atomic E-state index is -0.429. The lowest BCUT2D eigenvalue weighted by atomic mass is 9.45. The highest BCUT2D eigenvalue weighted by molar-refractivity contribution is 5.77. The first-order valence-electron chi connectivity index (χ1n) is 10.5. The van der Waals surface area contributed by atoms with Crippen LogP contribution in [0.4, 0.5) is 0 Å². The van der Waals surface area contributed by atoms with Crippen molar-refractivity contribution < 1.29 is 23.5 Å². The highest BCUT2D eigenvalue weighted by Crippen LogP contribution is 2.62. The molecule has 5 atom stereocenters. The van der Waals surface area contributed by atoms with Crippen LogP contribution in [0.1, 0.15) is 64.9 Å². The number of methoxy groups -OCH3 is 1. The van der Waals surface area contributed by atoms with E-state index in [1.165, 1.54) is 19.6 Å². The lowest BCUT2D eigenvalue weighted by Gasteiger charge is -2.59. The molecule has 0 radical (unpaired) electrons. The van der Waals surface area contributed by atoms with E-state index in [0.29, 0.717) is 24.4 Å². The third-order valence-electron chi connectivity index (χ3n) is 7.70. The van der Waals surface area contributed by atoms with Gasteiger partial charge in [0.1, 0.15) is 0 Å². The maximum Gasteiger partial charge on any atom is 0.311 e. The van der Waals surface area contributed by atoms with Crippen molar-refractivity contribution in [2.75, 3.05) is 13.7 Å². The molecule has 0 aromatic carbocycles. The van der Waals surface area contributed by atoms with E-state index >= 15 is 0 Å². The molecule has 0 bridgehead atoms. The summed E-state index contributed by atoms with van der Waals surface area (Å²) in [6.45, 7) is 6.41. The molecule has 2 saturated carbocycles. The minimum Gasteiger partial charge on any atom is -0.472 e. The summed E-state index contributed by atoms with van der Waals surface area (Å²) in [7, 11) is 1.50. The SMILES string of the molecule is COC(=O)[C@@]1(C)CCC[C@@]2(C)[C@H]1CC[C@@H](COC(C)=O)[C@@H]2CCc1ccoc1. The van der Waals surface area contributed by atoms with Gasteiger partial charge in [-0.3, -0.25) is 9.59 Å². The summed E-state index contributed by atoms with van der Waals surface area (Å²) in [6, 6.07) is 2.02. The van der Waals surface area contributed by atoms with Crippen molar-refractivity contribution in [3.63, 3.8) is 0 Å². The third kappa shape index (κ3) is 3.85. The number of carbonyl (C=O) groups is 2. The van der Waals surface area contributed by atoms with Crippen LogP contribution in [0.3, 0.4) is 0 Å². The Morgan fingerprint density at radius 1 is 1.25 bits per heavy atom. The van der Waals surface area contributed by atoms with Gasteiger partial charge in [-0.25, -0.2) is 0 Å². The van der Waals surface area contributed by atoms with Crippen molar-refractivity contribution in [3.8, 4) is 0 Å². The van der Waals surface area contributed by atoms with E-state index in [9.17, 15) is 9.59 Å². The molecule has 5 heteroatoms. The fourth-order valence-electron chi connectivity index (χ4n) is 6.35. The van der Waals surface area contributed by atoms with E-state index in [1.54, 1.807) is 6.26 Å². The Balaban J connectivity index is 1.87. The van der Waals surface area contributed by atoms with E-state index in [0.717, 1.165) is 44.9 Å². The van der Waals surface area contributed by atoms with Crippen LogP contribution < -0.4 is 0 Å². The molecule has 2 aliphatic rings. The van der Waals surface area contributed by atoms with Gasteiger partial charge in [0.15, 0.2) is 0 Å². The molecule has 0 amide bonds. The number of esters is 2. The molecular formula is C23H34O5. The summed E-state index contributed by atoms with van der Waals surface area (Å²) < 4.78 is 15.9. The van der Waals surface area contributed by atoms with Crippen LogP contribution in [0.15, 0.2) is 23.0 Å². The molecule has 1 heterocycles. The van der Waals surface area contributed by atoms with Gasteiger partial charge in [-0.2, -0.15) is 0 Å². The lowest BCUT2D eigenvalue weighted by molar-refractivity contribution is -0.176. The van der Waals surface area contributed by atoms with Crippen LogP contribution in [0.25, 0.3) is 0 Å². The summed E-state index contributed by atoms with van der Waals surface area (Å²) in [5.74, 6) is 0.727. The molecule has 0 aliphatic heterocycles. The van der Waals surface area contributed by atoms with Crippen molar-refractivity contribution in [1.29, 1.82) is 0 Å². The first-order valence-corrected chi connectivity index (χ1v) is 10.5. The minimum absolute atomic E-state index is 0.0357. The molecular weight excluding hydrogens is 356 g/mol. The van der Waals surface area contributed by atoms with Gasteiger partial charge in [-0.15, -0.1) is 0 Å². The number of carbonyl (C=O) groups excluding carboxylic acids is 2. The first-order chi connectivity index (χ1) is 13.3. The van der Waals surface area contributed by atoms with Crippen LogP contribution in [-0.2, 0) is 25.5 Å². The smallest absolute Gasteiger partial charge is 0.311 e. The molecule has 2 aliphatic carbocycles. The van der Waals surface area contributed by atoms with Crippen LogP contribution in [0.5, 0.6) is 0 Å². The van der Waals surface area contributed by atoms with Gasteiger partial charge >= 0.3 is 11.9 Å². The third-order valence-corrected chi connectivity index (χ3v) is 7.70. The van der Waals surface area contributed by atoms with E-state index < -0.39 is 5.41 Å². The second kappa shape index (κ2) is 8.30. The average molecular weight is 391 g/mol. The van der Waals surface area contributed by atoms with Crippen molar-refractivity contribution in [2.24, 2.45) is 28.6 Å². The molecule has 1 aromatic rings. The monoisotopic (exact) mass is 390 g/mol. The molecule has 3 rings (SSSR count). The Kier molecular flexibility index (Phi) is 6.21. The van der Waals surface area contributed by atoms with Gasteiger partial charge in [-0.1, -0.05) is 13.3 Å². The predicted octanol–water partition coefficient (Wildman–Crippen LogP) is 4.79. The van der Waals surface area contributed by atoms with Crippen LogP contribution in [-0.4, -0.2) is 25.7 Å². The predicted molar refractivity (Wildman–Crippen MR) is 105 cm³/mol. The Hall–Kier alpha value is -1.78. The highest BCUT2D eigenvalue weighted by atomic mass is 16.5. The van der Waals surface area contributed by atoms with Crippen molar-refractivity contribution in [1.82, 2.24) is 0 Å². The number of hydrogen-bond donors (Lipinski definition) is 0. The highest BCUT2D eigenvalue weighted by Gasteiger charge is 2.58. The molecule has 0 spiro atoms. The Morgan fingerprint density at radius 3 is 2.68 bits per heavy atom. The summed E-state index contributed by atoms with van der Waals surface area (Å²) >= 11 is 0. The normalized spacial score (nSPS) is 35.1. The lowest BCUT2D eigenvalue weighted by Crippen LogP contribution is -2.55. The van der Waals surface area contributed by atoms with E-state index in [1.807, 2.05) is 12.3 Å². The molecule has 5 nitrogen and oxygen atoms in total. The summed E-state index contributed by atoms with van der Waals surface area (Å²) in [4.78, 5) is 24.2. The van der Waals surface area contributed by atoms with Crippen LogP contribution >= 0.6 is 0 Å². The molecule has 2 fully saturated rings. The zero-order valence-corrected chi connectivity index (χ0v) is 17.7. The number of fused-ring (bicyclic) bond motifs is 1. The van der Waals surface area contributed by atoms with Crippen molar-refractivity contribution in [3.05, 3.63) is 24.2 Å². The number of hydrogen-bond acceptors (Lipinski definition) is 5. The quantitative estimate of drug-likeness (QED) is 0.654. The van der Waals surface area contributed by atoms with Crippen molar-refractivity contribution in [2.45, 2.75) is 65.7 Å². The summed E-state index contributed by atoms with van der Waals surface area (Å²) in [6.07, 6.45) is 10.5. The van der Waals surface area contributed by atoms with Crippen LogP contribution in [0.2, 0.25) is 0 Å². The zero-order chi connectivity index (χ0) is 20.4. The van der Waals surface area contributed by atoms with E-state index in [2.05, 4.69) is 13.8 Å². The standard InChI is InChI=1S/C23H34O5/c1-16(24)28-15-18-7-9-20-22(2,11-5-12-23(20,3)21(25)26-4)19(18)8-6-17-10-13-27-14-17/h10,13-14,18-20H,5-9,11-12,15H2,1-4H3/t18-,19-,20+,22+,23-/m0/s1. The molecule has 28 heavy (non-hydrogen) atoms. The van der Waals surface area contributed by atoms with E-state index in [4.69, 9.17) is 13.9 Å². The average Bonchev–Trinajstić information content (AvgIpc) is 3.17. The van der Waals surface area contributed by atoms with Gasteiger partial charge in [-0.05, 0) is 80.2 Å². The molecule has 0 unspecified atom stereocenters. The van der Waals surface area contributed by atoms with Crippen molar-refractivity contribution >= 4 is 11.9 Å². The Labute approximate surface area is 168 Å². The van der Waals surface area contributed by atoms with Gasteiger partial charge in [0, 0.05) is 6.92 Å². The summed E-state index contributed by atoms with van der Waals surface area (Å²) in [5.41, 5.74) is 0.805. The molecule has 0 N–H and O–H groups in total. The Bertz CT molecular complexity index is 681. The second-order valence-corrected chi connectivity index (χ2v) is 9.24.